The summed E-state index contributed by atoms with van der Waals surface area (Å²) in [6.07, 6.45) is 5.01. The van der Waals surface area contributed by atoms with Gasteiger partial charge in [0.05, 0.1) is 13.3 Å². The summed E-state index contributed by atoms with van der Waals surface area (Å²) in [7, 11) is 1.34. The molecule has 0 atom stereocenters. The number of rotatable bonds is 3. The summed E-state index contributed by atoms with van der Waals surface area (Å²) in [6, 6.07) is 1.81. The van der Waals surface area contributed by atoms with Gasteiger partial charge in [0.1, 0.15) is 12.1 Å². The molecule has 2 heterocycles. The number of carbonyl (C=O) groups excluding carboxylic acids is 1. The van der Waals surface area contributed by atoms with Crippen molar-refractivity contribution in [1.29, 1.82) is 0 Å². The molecule has 2 aromatic heterocycles. The molecule has 78 valence electrons. The summed E-state index contributed by atoms with van der Waals surface area (Å²) >= 11 is 0. The van der Waals surface area contributed by atoms with Crippen LogP contribution in [0.5, 0.6) is 0 Å². The minimum absolute atomic E-state index is 0.0916. The van der Waals surface area contributed by atoms with Gasteiger partial charge in [-0.15, -0.1) is 0 Å². The molecule has 6 nitrogen and oxygen atoms in total. The minimum Gasteiger partial charge on any atom is -0.468 e. The second kappa shape index (κ2) is 3.95. The number of nitrogens with zero attached hydrogens (tertiary/aromatic N) is 3. The number of ether oxygens (including phenoxy) is 1. The first-order chi connectivity index (χ1) is 7.31. The smallest absolute Gasteiger partial charge is 0.325 e. The third-order valence-electron chi connectivity index (χ3n) is 1.95. The predicted octanol–water partition coefficient (Wildman–Crippen LogP) is 0.314. The number of hydrogen-bond acceptors (Lipinski definition) is 5. The van der Waals surface area contributed by atoms with E-state index in [1.807, 2.05) is 6.07 Å². The molecule has 0 aliphatic rings. The van der Waals surface area contributed by atoms with E-state index in [-0.39, 0.29) is 12.5 Å². The molecule has 0 aromatic carbocycles. The normalized spacial score (nSPS) is 10.2. The molecule has 0 saturated heterocycles. The molecule has 0 saturated carbocycles. The number of methoxy groups -OCH3 is 1. The SMILES string of the molecule is COC(=O)CNc1nccn2nccc12. The Morgan fingerprint density at radius 1 is 1.60 bits per heavy atom. The fourth-order valence-electron chi connectivity index (χ4n) is 1.22. The maximum Gasteiger partial charge on any atom is 0.325 e. The van der Waals surface area contributed by atoms with E-state index in [0.29, 0.717) is 5.82 Å². The summed E-state index contributed by atoms with van der Waals surface area (Å²) in [5, 5.41) is 6.93. The van der Waals surface area contributed by atoms with Crippen LogP contribution in [-0.4, -0.2) is 34.2 Å². The van der Waals surface area contributed by atoms with Crippen LogP contribution in [0.25, 0.3) is 5.52 Å². The van der Waals surface area contributed by atoms with Crippen LogP contribution in [0.3, 0.4) is 0 Å². The van der Waals surface area contributed by atoms with Gasteiger partial charge in [-0.3, -0.25) is 4.79 Å². The highest BCUT2D eigenvalue weighted by molar-refractivity contribution is 5.77. The van der Waals surface area contributed by atoms with Crippen molar-refractivity contribution in [3.8, 4) is 0 Å². The van der Waals surface area contributed by atoms with E-state index in [0.717, 1.165) is 5.52 Å². The van der Waals surface area contributed by atoms with Gasteiger partial charge in [-0.2, -0.15) is 5.10 Å². The van der Waals surface area contributed by atoms with E-state index in [1.165, 1.54) is 7.11 Å². The second-order valence-corrected chi connectivity index (χ2v) is 2.87. The van der Waals surface area contributed by atoms with Crippen LogP contribution in [0, 0.1) is 0 Å². The summed E-state index contributed by atoms with van der Waals surface area (Å²) in [4.78, 5) is 15.0. The monoisotopic (exact) mass is 206 g/mol. The van der Waals surface area contributed by atoms with Crippen LogP contribution in [0.4, 0.5) is 5.82 Å². The average molecular weight is 206 g/mol. The van der Waals surface area contributed by atoms with E-state index in [1.54, 1.807) is 23.1 Å². The van der Waals surface area contributed by atoms with Gasteiger partial charge in [0.2, 0.25) is 0 Å². The van der Waals surface area contributed by atoms with Gasteiger partial charge < -0.3 is 10.1 Å². The molecule has 0 aliphatic heterocycles. The number of esters is 1. The van der Waals surface area contributed by atoms with Gasteiger partial charge in [0.15, 0.2) is 5.82 Å². The van der Waals surface area contributed by atoms with Gasteiger partial charge in [0.25, 0.3) is 0 Å². The summed E-state index contributed by atoms with van der Waals surface area (Å²) in [5.74, 6) is 0.277. The first kappa shape index (κ1) is 9.45. The second-order valence-electron chi connectivity index (χ2n) is 2.87. The lowest BCUT2D eigenvalue weighted by molar-refractivity contribution is -0.138. The molecule has 15 heavy (non-hydrogen) atoms. The molecule has 0 amide bonds. The average Bonchev–Trinajstić information content (AvgIpc) is 2.74. The lowest BCUT2D eigenvalue weighted by atomic mass is 10.4. The van der Waals surface area contributed by atoms with Gasteiger partial charge in [-0.1, -0.05) is 0 Å². The van der Waals surface area contributed by atoms with Gasteiger partial charge in [0, 0.05) is 12.4 Å². The zero-order valence-electron chi connectivity index (χ0n) is 8.17. The number of fused-ring (bicyclic) bond motifs is 1. The molecule has 6 heteroatoms. The van der Waals surface area contributed by atoms with Crippen LogP contribution in [0.1, 0.15) is 0 Å². The molecule has 1 N–H and O–H groups in total. The molecule has 0 spiro atoms. The Balaban J connectivity index is 2.20. The number of anilines is 1. The largest absolute Gasteiger partial charge is 0.468 e. The number of aromatic nitrogens is 3. The summed E-state index contributed by atoms with van der Waals surface area (Å²) in [5.41, 5.74) is 0.821. The Kier molecular flexibility index (Phi) is 2.49. The summed E-state index contributed by atoms with van der Waals surface area (Å²) in [6.45, 7) is 0.0916. The molecular formula is C9H10N4O2. The molecular weight excluding hydrogens is 196 g/mol. The Morgan fingerprint density at radius 3 is 3.27 bits per heavy atom. The highest BCUT2D eigenvalue weighted by Gasteiger charge is 2.04. The van der Waals surface area contributed by atoms with Crippen molar-refractivity contribution < 1.29 is 9.53 Å². The van der Waals surface area contributed by atoms with Crippen LogP contribution >= 0.6 is 0 Å². The maximum atomic E-state index is 10.9. The molecule has 0 radical (unpaired) electrons. The maximum absolute atomic E-state index is 10.9. The number of hydrogen-bond donors (Lipinski definition) is 1. The highest BCUT2D eigenvalue weighted by atomic mass is 16.5. The molecule has 0 aliphatic carbocycles. The fraction of sp³-hybridized carbons (Fsp3) is 0.222. The van der Waals surface area contributed by atoms with Crippen LogP contribution in [-0.2, 0) is 9.53 Å². The molecule has 0 bridgehead atoms. The topological polar surface area (TPSA) is 68.5 Å². The van der Waals surface area contributed by atoms with Crippen molar-refractivity contribution in [2.45, 2.75) is 0 Å². The molecule has 2 rings (SSSR count). The lowest BCUT2D eigenvalue weighted by Crippen LogP contribution is -2.16. The molecule has 0 fully saturated rings. The van der Waals surface area contributed by atoms with E-state index >= 15 is 0 Å². The Labute approximate surface area is 85.9 Å². The lowest BCUT2D eigenvalue weighted by Gasteiger charge is -2.04. The van der Waals surface area contributed by atoms with Crippen molar-refractivity contribution in [2.75, 3.05) is 19.0 Å². The standard InChI is InChI=1S/C9H10N4O2/c1-15-8(14)6-11-9-7-2-3-12-13(7)5-4-10-9/h2-5H,6H2,1H3,(H,10,11). The van der Waals surface area contributed by atoms with Gasteiger partial charge in [-0.05, 0) is 6.07 Å². The first-order valence-corrected chi connectivity index (χ1v) is 4.40. The number of carbonyl (C=O) groups is 1. The van der Waals surface area contributed by atoms with Crippen molar-refractivity contribution in [1.82, 2.24) is 14.6 Å². The summed E-state index contributed by atoms with van der Waals surface area (Å²) < 4.78 is 6.19. The number of nitrogens with one attached hydrogen (secondary N) is 1. The Morgan fingerprint density at radius 2 is 2.47 bits per heavy atom. The van der Waals surface area contributed by atoms with Crippen molar-refractivity contribution in [2.24, 2.45) is 0 Å². The first-order valence-electron chi connectivity index (χ1n) is 4.40. The third kappa shape index (κ3) is 1.88. The van der Waals surface area contributed by atoms with Gasteiger partial charge in [-0.25, -0.2) is 9.50 Å². The molecule has 0 unspecified atom stereocenters. The predicted molar refractivity (Wildman–Crippen MR) is 53.5 cm³/mol. The zero-order chi connectivity index (χ0) is 10.7. The zero-order valence-corrected chi connectivity index (χ0v) is 8.17. The fourth-order valence-corrected chi connectivity index (χ4v) is 1.22. The van der Waals surface area contributed by atoms with Crippen molar-refractivity contribution >= 4 is 17.3 Å². The highest BCUT2D eigenvalue weighted by Crippen LogP contribution is 2.11. The van der Waals surface area contributed by atoms with Crippen LogP contribution in [0.15, 0.2) is 24.7 Å². The molecule has 2 aromatic rings. The quantitative estimate of drug-likeness (QED) is 0.732. The van der Waals surface area contributed by atoms with Crippen molar-refractivity contribution in [3.05, 3.63) is 24.7 Å². The minimum atomic E-state index is -0.335. The van der Waals surface area contributed by atoms with E-state index in [4.69, 9.17) is 0 Å². The van der Waals surface area contributed by atoms with Crippen molar-refractivity contribution in [3.63, 3.8) is 0 Å². The third-order valence-corrected chi connectivity index (χ3v) is 1.95. The van der Waals surface area contributed by atoms with Crippen LogP contribution in [0.2, 0.25) is 0 Å². The Hall–Kier alpha value is -2.11. The van der Waals surface area contributed by atoms with Crippen LogP contribution < -0.4 is 5.32 Å². The van der Waals surface area contributed by atoms with E-state index in [2.05, 4.69) is 20.1 Å². The van der Waals surface area contributed by atoms with E-state index < -0.39 is 0 Å². The van der Waals surface area contributed by atoms with E-state index in [9.17, 15) is 4.79 Å². The Bertz CT molecular complexity index is 480. The van der Waals surface area contributed by atoms with Gasteiger partial charge >= 0.3 is 5.97 Å².